The monoisotopic (exact) mass is 271 g/mol. The summed E-state index contributed by atoms with van der Waals surface area (Å²) >= 11 is 6.55. The van der Waals surface area contributed by atoms with Gasteiger partial charge in [-0.1, -0.05) is 11.8 Å². The molecule has 0 atom stereocenters. The highest BCUT2D eigenvalue weighted by Gasteiger charge is 2.10. The number of nitrogens with zero attached hydrogens (tertiary/aromatic N) is 1. The molecule has 0 saturated heterocycles. The van der Waals surface area contributed by atoms with Crippen LogP contribution in [0.25, 0.3) is 0 Å². The fraction of sp³-hybridized carbons (Fsp3) is 0.500. The van der Waals surface area contributed by atoms with Crippen molar-refractivity contribution in [1.29, 1.82) is 0 Å². The number of hydrogen-bond acceptors (Lipinski definition) is 5. The molecule has 1 heterocycles. The molecule has 0 unspecified atom stereocenters. The number of hydrogen-bond donors (Lipinski definition) is 0. The molecule has 0 bridgehead atoms. The lowest BCUT2D eigenvalue weighted by Crippen LogP contribution is -2.01. The molecule has 0 aliphatic rings. The van der Waals surface area contributed by atoms with Crippen molar-refractivity contribution in [3.8, 4) is 5.75 Å². The quantitative estimate of drug-likeness (QED) is 0.785. The molecule has 0 aromatic carbocycles. The Bertz CT molecular complexity index is 408. The number of thioether (sulfide) groups is 1. The van der Waals surface area contributed by atoms with E-state index in [0.717, 1.165) is 22.6 Å². The van der Waals surface area contributed by atoms with Gasteiger partial charge in [0.25, 0.3) is 0 Å². The summed E-state index contributed by atoms with van der Waals surface area (Å²) in [5.41, 5.74) is 3.10. The predicted molar refractivity (Wildman–Crippen MR) is 75.8 cm³/mol. The van der Waals surface area contributed by atoms with E-state index in [0.29, 0.717) is 16.7 Å². The molecule has 17 heavy (non-hydrogen) atoms. The molecule has 0 amide bonds. The molecule has 1 aromatic rings. The van der Waals surface area contributed by atoms with Crippen LogP contribution in [-0.4, -0.2) is 23.1 Å². The van der Waals surface area contributed by atoms with Crippen molar-refractivity contribution >= 4 is 28.4 Å². The van der Waals surface area contributed by atoms with E-state index in [-0.39, 0.29) is 0 Å². The Labute approximate surface area is 112 Å². The van der Waals surface area contributed by atoms with Gasteiger partial charge in [-0.25, -0.2) is 0 Å². The zero-order valence-corrected chi connectivity index (χ0v) is 12.2. The molecule has 0 spiro atoms. The Kier molecular flexibility index (Phi) is 5.71. The third-order valence-corrected chi connectivity index (χ3v) is 3.58. The second-order valence-corrected chi connectivity index (χ2v) is 5.10. The van der Waals surface area contributed by atoms with E-state index in [9.17, 15) is 0 Å². The second-order valence-electron chi connectivity index (χ2n) is 3.52. The van der Waals surface area contributed by atoms with Gasteiger partial charge in [0.15, 0.2) is 0 Å². The van der Waals surface area contributed by atoms with Crippen LogP contribution in [0.3, 0.4) is 0 Å². The van der Waals surface area contributed by atoms with Crippen LogP contribution in [0, 0.1) is 13.8 Å². The molecule has 94 valence electrons. The third-order valence-electron chi connectivity index (χ3n) is 2.34. The van der Waals surface area contributed by atoms with Gasteiger partial charge in [0.05, 0.1) is 19.4 Å². The molecule has 0 N–H and O–H groups in total. The number of rotatable bonds is 4. The van der Waals surface area contributed by atoms with E-state index in [2.05, 4.69) is 4.98 Å². The predicted octanol–water partition coefficient (Wildman–Crippen LogP) is 3.26. The van der Waals surface area contributed by atoms with Crippen molar-refractivity contribution in [3.63, 3.8) is 0 Å². The molecular formula is C12H17NO2S2. The maximum Gasteiger partial charge on any atom is 0.220 e. The highest BCUT2D eigenvalue weighted by atomic mass is 32.2. The Morgan fingerprint density at radius 3 is 2.76 bits per heavy atom. The summed E-state index contributed by atoms with van der Waals surface area (Å²) in [7, 11) is 1.68. The SMILES string of the molecule is CCOC(=S)SCc1ncc(C)c(OC)c1C. The number of aryl methyl sites for hydroxylation is 1. The largest absolute Gasteiger partial charge is 0.496 e. The van der Waals surface area contributed by atoms with Crippen LogP contribution in [-0.2, 0) is 10.5 Å². The summed E-state index contributed by atoms with van der Waals surface area (Å²) in [5.74, 6) is 1.61. The lowest BCUT2D eigenvalue weighted by Gasteiger charge is -2.12. The molecule has 5 heteroatoms. The Morgan fingerprint density at radius 2 is 2.18 bits per heavy atom. The summed E-state index contributed by atoms with van der Waals surface area (Å²) in [6, 6.07) is 0. The number of aromatic nitrogens is 1. The van der Waals surface area contributed by atoms with Gasteiger partial charge in [-0.05, 0) is 33.0 Å². The first-order valence-electron chi connectivity index (χ1n) is 5.38. The Balaban J connectivity index is 2.75. The lowest BCUT2D eigenvalue weighted by atomic mass is 10.1. The number of methoxy groups -OCH3 is 1. The smallest absolute Gasteiger partial charge is 0.220 e. The zero-order chi connectivity index (χ0) is 12.8. The van der Waals surface area contributed by atoms with Crippen LogP contribution >= 0.6 is 24.0 Å². The van der Waals surface area contributed by atoms with Crippen molar-refractivity contribution in [2.45, 2.75) is 26.5 Å². The average Bonchev–Trinajstić information content (AvgIpc) is 2.29. The first kappa shape index (κ1) is 14.3. The summed E-state index contributed by atoms with van der Waals surface area (Å²) in [5, 5.41) is 0. The third kappa shape index (κ3) is 3.85. The van der Waals surface area contributed by atoms with E-state index < -0.39 is 0 Å². The molecule has 3 nitrogen and oxygen atoms in total. The average molecular weight is 271 g/mol. The van der Waals surface area contributed by atoms with E-state index in [1.807, 2.05) is 27.0 Å². The van der Waals surface area contributed by atoms with Crippen LogP contribution < -0.4 is 4.74 Å². The topological polar surface area (TPSA) is 31.4 Å². The standard InChI is InChI=1S/C12H17NO2S2/c1-5-15-12(16)17-7-10-9(3)11(14-4)8(2)6-13-10/h6H,5,7H2,1-4H3. The fourth-order valence-electron chi connectivity index (χ4n) is 1.50. The minimum Gasteiger partial charge on any atom is -0.496 e. The first-order valence-corrected chi connectivity index (χ1v) is 6.78. The van der Waals surface area contributed by atoms with E-state index in [1.165, 1.54) is 11.8 Å². The zero-order valence-electron chi connectivity index (χ0n) is 10.6. The molecule has 0 aliphatic carbocycles. The van der Waals surface area contributed by atoms with Gasteiger partial charge in [0.1, 0.15) is 5.75 Å². The molecule has 0 fully saturated rings. The Hall–Kier alpha value is -0.810. The van der Waals surface area contributed by atoms with Gasteiger partial charge in [0, 0.05) is 23.1 Å². The van der Waals surface area contributed by atoms with Crippen molar-refractivity contribution in [2.24, 2.45) is 0 Å². The maximum absolute atomic E-state index is 5.36. The normalized spacial score (nSPS) is 10.1. The van der Waals surface area contributed by atoms with Gasteiger partial charge in [0.2, 0.25) is 4.38 Å². The fourth-order valence-corrected chi connectivity index (χ4v) is 2.54. The van der Waals surface area contributed by atoms with Crippen LogP contribution in [0.4, 0.5) is 0 Å². The molecule has 1 rings (SSSR count). The lowest BCUT2D eigenvalue weighted by molar-refractivity contribution is 0.346. The number of pyridine rings is 1. The van der Waals surface area contributed by atoms with Crippen molar-refractivity contribution < 1.29 is 9.47 Å². The van der Waals surface area contributed by atoms with Crippen LogP contribution in [0.2, 0.25) is 0 Å². The van der Waals surface area contributed by atoms with Gasteiger partial charge in [-0.2, -0.15) is 0 Å². The molecule has 0 radical (unpaired) electrons. The number of ether oxygens (including phenoxy) is 2. The minimum atomic E-state index is 0.563. The number of thiocarbonyl (C=S) groups is 1. The van der Waals surface area contributed by atoms with E-state index >= 15 is 0 Å². The van der Waals surface area contributed by atoms with Gasteiger partial charge in [-0.15, -0.1) is 0 Å². The van der Waals surface area contributed by atoms with E-state index in [4.69, 9.17) is 21.7 Å². The van der Waals surface area contributed by atoms with Crippen LogP contribution in [0.15, 0.2) is 6.20 Å². The molecular weight excluding hydrogens is 254 g/mol. The summed E-state index contributed by atoms with van der Waals surface area (Å²) in [6.07, 6.45) is 1.82. The summed E-state index contributed by atoms with van der Waals surface area (Å²) in [4.78, 5) is 4.40. The summed E-state index contributed by atoms with van der Waals surface area (Å²) < 4.78 is 11.1. The minimum absolute atomic E-state index is 0.563. The molecule has 0 aliphatic heterocycles. The van der Waals surface area contributed by atoms with Crippen LogP contribution in [0.5, 0.6) is 5.75 Å². The Morgan fingerprint density at radius 1 is 1.47 bits per heavy atom. The molecule has 1 aromatic heterocycles. The van der Waals surface area contributed by atoms with Crippen LogP contribution in [0.1, 0.15) is 23.7 Å². The van der Waals surface area contributed by atoms with Gasteiger partial charge in [-0.3, -0.25) is 4.98 Å². The van der Waals surface area contributed by atoms with Crippen molar-refractivity contribution in [2.75, 3.05) is 13.7 Å². The maximum atomic E-state index is 5.36. The van der Waals surface area contributed by atoms with Crippen molar-refractivity contribution in [1.82, 2.24) is 4.98 Å². The summed E-state index contributed by atoms with van der Waals surface area (Å²) in [6.45, 7) is 6.53. The van der Waals surface area contributed by atoms with E-state index in [1.54, 1.807) is 7.11 Å². The van der Waals surface area contributed by atoms with Gasteiger partial charge < -0.3 is 9.47 Å². The molecule has 0 saturated carbocycles. The first-order chi connectivity index (χ1) is 8.10. The second kappa shape index (κ2) is 6.81. The highest BCUT2D eigenvalue weighted by molar-refractivity contribution is 8.22. The highest BCUT2D eigenvalue weighted by Crippen LogP contribution is 2.26. The van der Waals surface area contributed by atoms with Gasteiger partial charge >= 0.3 is 0 Å². The van der Waals surface area contributed by atoms with Crippen molar-refractivity contribution in [3.05, 3.63) is 23.0 Å².